The van der Waals surface area contributed by atoms with Gasteiger partial charge in [-0.05, 0) is 18.1 Å². The first-order valence-electron chi connectivity index (χ1n) is 6.06. The first-order valence-corrected chi connectivity index (χ1v) is 6.44. The Hall–Kier alpha value is -1.79. The summed E-state index contributed by atoms with van der Waals surface area (Å²) in [6, 6.07) is 2.71. The molecule has 0 fully saturated rings. The summed E-state index contributed by atoms with van der Waals surface area (Å²) in [6.07, 6.45) is -1.15. The van der Waals surface area contributed by atoms with Crippen LogP contribution < -0.4 is 0 Å². The predicted molar refractivity (Wildman–Crippen MR) is 72.0 cm³/mol. The fourth-order valence-electron chi connectivity index (χ4n) is 1.98. The van der Waals surface area contributed by atoms with E-state index in [4.69, 9.17) is 21.1 Å². The minimum absolute atomic E-state index is 0.0623. The van der Waals surface area contributed by atoms with E-state index in [1.807, 2.05) is 13.8 Å². The van der Waals surface area contributed by atoms with Crippen molar-refractivity contribution in [2.24, 2.45) is 7.05 Å². The number of furan rings is 1. The Morgan fingerprint density at radius 3 is 2.60 bits per heavy atom. The third-order valence-electron chi connectivity index (χ3n) is 2.97. The Morgan fingerprint density at radius 1 is 1.45 bits per heavy atom. The number of hydrogen-bond donors (Lipinski definition) is 2. The van der Waals surface area contributed by atoms with Crippen molar-refractivity contribution in [2.45, 2.75) is 25.9 Å². The van der Waals surface area contributed by atoms with Crippen LogP contribution in [-0.4, -0.2) is 26.0 Å². The van der Waals surface area contributed by atoms with Crippen LogP contribution in [0.15, 0.2) is 16.5 Å². The Bertz CT molecular complexity index is 645. The minimum atomic E-state index is -1.19. The van der Waals surface area contributed by atoms with Crippen molar-refractivity contribution in [3.05, 3.63) is 40.1 Å². The Morgan fingerprint density at radius 2 is 2.10 bits per heavy atom. The van der Waals surface area contributed by atoms with Gasteiger partial charge in [0.05, 0.1) is 5.69 Å². The second-order valence-corrected chi connectivity index (χ2v) is 5.14. The fraction of sp³-hybridized carbons (Fsp3) is 0.385. The van der Waals surface area contributed by atoms with Crippen molar-refractivity contribution in [1.29, 1.82) is 0 Å². The highest BCUT2D eigenvalue weighted by Crippen LogP contribution is 2.34. The highest BCUT2D eigenvalue weighted by Gasteiger charge is 2.27. The molecule has 0 spiro atoms. The lowest BCUT2D eigenvalue weighted by Gasteiger charge is -2.10. The Balaban J connectivity index is 2.46. The Labute approximate surface area is 120 Å². The zero-order valence-electron chi connectivity index (χ0n) is 11.3. The predicted octanol–water partition coefficient (Wildman–Crippen LogP) is 2.57. The quantitative estimate of drug-likeness (QED) is 0.905. The molecule has 0 saturated carbocycles. The molecule has 2 heterocycles. The van der Waals surface area contributed by atoms with Gasteiger partial charge in [-0.3, -0.25) is 4.68 Å². The van der Waals surface area contributed by atoms with Crippen LogP contribution in [0, 0.1) is 0 Å². The van der Waals surface area contributed by atoms with Crippen LogP contribution in [0.5, 0.6) is 0 Å². The first kappa shape index (κ1) is 14.6. The number of carboxylic acids is 1. The van der Waals surface area contributed by atoms with E-state index in [9.17, 15) is 9.90 Å². The van der Waals surface area contributed by atoms with E-state index in [2.05, 4.69) is 5.10 Å². The standard InChI is InChI=1S/C13H15ClN2O4/c1-6(2)10-9(12(14)16(3)15-10)11(17)7-4-5-8(20-7)13(18)19/h4-6,11,17H,1-3H3,(H,18,19). The van der Waals surface area contributed by atoms with Crippen LogP contribution >= 0.6 is 11.6 Å². The molecular weight excluding hydrogens is 284 g/mol. The number of nitrogens with zero attached hydrogens (tertiary/aromatic N) is 2. The van der Waals surface area contributed by atoms with Gasteiger partial charge in [0.25, 0.3) is 0 Å². The van der Waals surface area contributed by atoms with Gasteiger partial charge in [0.2, 0.25) is 5.76 Å². The molecule has 0 bridgehead atoms. The van der Waals surface area contributed by atoms with Gasteiger partial charge in [0, 0.05) is 12.6 Å². The molecule has 108 valence electrons. The van der Waals surface area contributed by atoms with Crippen LogP contribution in [0.2, 0.25) is 5.15 Å². The SMILES string of the molecule is CC(C)c1nn(C)c(Cl)c1C(O)c1ccc(C(=O)O)o1. The number of aryl methyl sites for hydroxylation is 1. The smallest absolute Gasteiger partial charge is 0.371 e. The largest absolute Gasteiger partial charge is 0.475 e. The third-order valence-corrected chi connectivity index (χ3v) is 3.42. The molecule has 1 unspecified atom stereocenters. The first-order chi connectivity index (χ1) is 9.32. The van der Waals surface area contributed by atoms with Crippen LogP contribution in [0.3, 0.4) is 0 Å². The summed E-state index contributed by atoms with van der Waals surface area (Å²) in [5.74, 6) is -1.23. The van der Waals surface area contributed by atoms with Crippen molar-refractivity contribution < 1.29 is 19.4 Å². The number of aromatic nitrogens is 2. The molecule has 0 aliphatic carbocycles. The second-order valence-electron chi connectivity index (χ2n) is 4.78. The monoisotopic (exact) mass is 298 g/mol. The number of carboxylic acid groups (broad SMARTS) is 1. The van der Waals surface area contributed by atoms with Gasteiger partial charge in [0.15, 0.2) is 0 Å². The number of hydrogen-bond acceptors (Lipinski definition) is 4. The van der Waals surface area contributed by atoms with Crippen molar-refractivity contribution >= 4 is 17.6 Å². The van der Waals surface area contributed by atoms with Gasteiger partial charge >= 0.3 is 5.97 Å². The average Bonchev–Trinajstić information content (AvgIpc) is 2.95. The minimum Gasteiger partial charge on any atom is -0.475 e. The summed E-state index contributed by atoms with van der Waals surface area (Å²) in [7, 11) is 1.68. The van der Waals surface area contributed by atoms with Gasteiger partial charge in [-0.15, -0.1) is 0 Å². The lowest BCUT2D eigenvalue weighted by atomic mass is 10.0. The number of carbonyl (C=O) groups is 1. The highest BCUT2D eigenvalue weighted by molar-refractivity contribution is 6.30. The molecule has 7 heteroatoms. The van der Waals surface area contributed by atoms with Crippen LogP contribution in [0.25, 0.3) is 0 Å². The molecule has 2 aromatic rings. The van der Waals surface area contributed by atoms with E-state index in [0.717, 1.165) is 0 Å². The maximum atomic E-state index is 10.8. The molecule has 0 aromatic carbocycles. The van der Waals surface area contributed by atoms with Crippen molar-refractivity contribution in [3.63, 3.8) is 0 Å². The van der Waals surface area contributed by atoms with E-state index in [0.29, 0.717) is 16.4 Å². The van der Waals surface area contributed by atoms with E-state index in [1.165, 1.54) is 16.8 Å². The topological polar surface area (TPSA) is 88.5 Å². The summed E-state index contributed by atoms with van der Waals surface area (Å²) in [5.41, 5.74) is 1.09. The van der Waals surface area contributed by atoms with Crippen molar-refractivity contribution in [3.8, 4) is 0 Å². The summed E-state index contributed by atoms with van der Waals surface area (Å²) in [6.45, 7) is 3.86. The highest BCUT2D eigenvalue weighted by atomic mass is 35.5. The number of rotatable bonds is 4. The molecule has 0 aliphatic rings. The van der Waals surface area contributed by atoms with Gasteiger partial charge < -0.3 is 14.6 Å². The third kappa shape index (κ3) is 2.44. The Kier molecular flexibility index (Phi) is 3.87. The lowest BCUT2D eigenvalue weighted by molar-refractivity contribution is 0.0655. The van der Waals surface area contributed by atoms with E-state index >= 15 is 0 Å². The molecule has 1 atom stereocenters. The molecular formula is C13H15ClN2O4. The van der Waals surface area contributed by atoms with E-state index in [-0.39, 0.29) is 17.4 Å². The number of aromatic carboxylic acids is 1. The second kappa shape index (κ2) is 5.30. The molecule has 2 aromatic heterocycles. The van der Waals surface area contributed by atoms with Crippen LogP contribution in [-0.2, 0) is 7.05 Å². The summed E-state index contributed by atoms with van der Waals surface area (Å²) < 4.78 is 6.58. The maximum Gasteiger partial charge on any atom is 0.371 e. The van der Waals surface area contributed by atoms with E-state index < -0.39 is 12.1 Å². The molecule has 0 saturated heterocycles. The van der Waals surface area contributed by atoms with Gasteiger partial charge in [-0.25, -0.2) is 4.79 Å². The zero-order chi connectivity index (χ0) is 15.0. The van der Waals surface area contributed by atoms with E-state index in [1.54, 1.807) is 7.05 Å². The number of halogens is 1. The molecule has 6 nitrogen and oxygen atoms in total. The normalized spacial score (nSPS) is 12.9. The van der Waals surface area contributed by atoms with Crippen LogP contribution in [0.4, 0.5) is 0 Å². The van der Waals surface area contributed by atoms with Gasteiger partial charge in [-0.2, -0.15) is 5.10 Å². The van der Waals surface area contributed by atoms with Gasteiger partial charge in [0.1, 0.15) is 17.0 Å². The molecule has 0 aliphatic heterocycles. The molecule has 2 rings (SSSR count). The zero-order valence-corrected chi connectivity index (χ0v) is 12.0. The van der Waals surface area contributed by atoms with Crippen molar-refractivity contribution in [1.82, 2.24) is 9.78 Å². The molecule has 0 radical (unpaired) electrons. The molecule has 20 heavy (non-hydrogen) atoms. The average molecular weight is 299 g/mol. The fourth-order valence-corrected chi connectivity index (χ4v) is 2.21. The maximum absolute atomic E-state index is 10.8. The van der Waals surface area contributed by atoms with Crippen molar-refractivity contribution in [2.75, 3.05) is 0 Å². The molecule has 0 amide bonds. The number of aliphatic hydroxyl groups is 1. The summed E-state index contributed by atoms with van der Waals surface area (Å²) in [5, 5.41) is 23.8. The number of aliphatic hydroxyl groups excluding tert-OH is 1. The molecule has 2 N–H and O–H groups in total. The van der Waals surface area contributed by atoms with Crippen LogP contribution in [0.1, 0.15) is 53.4 Å². The summed E-state index contributed by atoms with van der Waals surface area (Å²) >= 11 is 6.15. The summed E-state index contributed by atoms with van der Waals surface area (Å²) in [4.78, 5) is 10.8. The van der Waals surface area contributed by atoms with Gasteiger partial charge in [-0.1, -0.05) is 25.4 Å². The lowest BCUT2D eigenvalue weighted by Crippen LogP contribution is -2.03.